The summed E-state index contributed by atoms with van der Waals surface area (Å²) in [5, 5.41) is 4.36. The lowest BCUT2D eigenvalue weighted by atomic mass is 10.1. The highest BCUT2D eigenvalue weighted by Gasteiger charge is 2.10. The molecule has 3 rings (SSSR count). The third kappa shape index (κ3) is 2.27. The normalized spacial score (nSPS) is 18.9. The van der Waals surface area contributed by atoms with Crippen LogP contribution in [-0.4, -0.2) is 23.1 Å². The molecular formula is C14H13N3. The second kappa shape index (κ2) is 4.52. The number of aromatic nitrogens is 2. The van der Waals surface area contributed by atoms with Gasteiger partial charge in [-0.3, -0.25) is 0 Å². The topological polar surface area (TPSA) is 37.8 Å². The number of nitrogens with zero attached hydrogens (tertiary/aromatic N) is 2. The zero-order chi connectivity index (χ0) is 11.5. The smallest absolute Gasteiger partial charge is 0.116 e. The summed E-state index contributed by atoms with van der Waals surface area (Å²) in [4.78, 5) is 8.21. The number of benzene rings is 1. The first kappa shape index (κ1) is 10.2. The summed E-state index contributed by atoms with van der Waals surface area (Å²) in [7, 11) is 0. The summed E-state index contributed by atoms with van der Waals surface area (Å²) in [6.07, 6.45) is 4.55. The predicted octanol–water partition coefficient (Wildman–Crippen LogP) is 1.59. The highest BCUT2D eigenvalue weighted by molar-refractivity contribution is 5.78. The molecule has 0 spiro atoms. The van der Waals surface area contributed by atoms with Gasteiger partial charge in [0.25, 0.3) is 0 Å². The zero-order valence-electron chi connectivity index (χ0n) is 9.48. The van der Waals surface area contributed by atoms with E-state index in [9.17, 15) is 0 Å². The molecule has 2 aromatic rings. The van der Waals surface area contributed by atoms with Crippen molar-refractivity contribution in [3.05, 3.63) is 36.3 Å². The van der Waals surface area contributed by atoms with Gasteiger partial charge in [0.05, 0.1) is 5.52 Å². The molecule has 0 amide bonds. The van der Waals surface area contributed by atoms with Crippen LogP contribution in [0.25, 0.3) is 10.9 Å². The Morgan fingerprint density at radius 2 is 2.35 bits per heavy atom. The average molecular weight is 223 g/mol. The van der Waals surface area contributed by atoms with E-state index in [2.05, 4.69) is 27.1 Å². The molecule has 17 heavy (non-hydrogen) atoms. The van der Waals surface area contributed by atoms with Gasteiger partial charge in [0.2, 0.25) is 0 Å². The number of hydrogen-bond donors (Lipinski definition) is 1. The quantitative estimate of drug-likeness (QED) is 0.689. The summed E-state index contributed by atoms with van der Waals surface area (Å²) < 4.78 is 0. The maximum Gasteiger partial charge on any atom is 0.116 e. The van der Waals surface area contributed by atoms with Crippen molar-refractivity contribution >= 4 is 10.9 Å². The fraction of sp³-hybridized carbons (Fsp3) is 0.286. The van der Waals surface area contributed by atoms with Crippen LogP contribution in [-0.2, 0) is 0 Å². The van der Waals surface area contributed by atoms with E-state index in [1.54, 1.807) is 6.33 Å². The van der Waals surface area contributed by atoms with Crippen LogP contribution < -0.4 is 5.32 Å². The maximum atomic E-state index is 4.19. The van der Waals surface area contributed by atoms with Gasteiger partial charge in [0, 0.05) is 29.6 Å². The Balaban J connectivity index is 1.90. The van der Waals surface area contributed by atoms with Crippen LogP contribution in [0, 0.1) is 17.8 Å². The summed E-state index contributed by atoms with van der Waals surface area (Å²) >= 11 is 0. The molecule has 1 aliphatic heterocycles. The van der Waals surface area contributed by atoms with Crippen molar-refractivity contribution in [3.63, 3.8) is 0 Å². The van der Waals surface area contributed by atoms with Crippen LogP contribution in [0.2, 0.25) is 0 Å². The SMILES string of the molecule is C(#CC1CCNC1)c1ccc2ncncc2c1. The van der Waals surface area contributed by atoms with Gasteiger partial charge in [-0.1, -0.05) is 11.8 Å². The Hall–Kier alpha value is -1.92. The second-order valence-corrected chi connectivity index (χ2v) is 4.26. The lowest BCUT2D eigenvalue weighted by Crippen LogP contribution is -2.07. The van der Waals surface area contributed by atoms with E-state index in [4.69, 9.17) is 0 Å². The fourth-order valence-electron chi connectivity index (χ4n) is 2.03. The third-order valence-corrected chi connectivity index (χ3v) is 2.99. The van der Waals surface area contributed by atoms with E-state index in [1.807, 2.05) is 24.4 Å². The molecule has 1 aliphatic rings. The van der Waals surface area contributed by atoms with Gasteiger partial charge in [-0.15, -0.1) is 0 Å². The zero-order valence-corrected chi connectivity index (χ0v) is 9.48. The van der Waals surface area contributed by atoms with Crippen molar-refractivity contribution in [1.82, 2.24) is 15.3 Å². The molecule has 2 heterocycles. The molecule has 1 saturated heterocycles. The molecule has 1 fully saturated rings. The van der Waals surface area contributed by atoms with Gasteiger partial charge in [-0.25, -0.2) is 9.97 Å². The molecule has 84 valence electrons. The fourth-order valence-corrected chi connectivity index (χ4v) is 2.03. The molecule has 0 saturated carbocycles. The second-order valence-electron chi connectivity index (χ2n) is 4.26. The van der Waals surface area contributed by atoms with Gasteiger partial charge in [0.1, 0.15) is 6.33 Å². The molecule has 1 atom stereocenters. The lowest BCUT2D eigenvalue weighted by molar-refractivity contribution is 0.755. The molecule has 0 radical (unpaired) electrons. The number of fused-ring (bicyclic) bond motifs is 1. The highest BCUT2D eigenvalue weighted by atomic mass is 14.9. The van der Waals surface area contributed by atoms with Gasteiger partial charge in [-0.05, 0) is 31.2 Å². The molecule has 0 aliphatic carbocycles. The van der Waals surface area contributed by atoms with Crippen LogP contribution >= 0.6 is 0 Å². The number of rotatable bonds is 0. The van der Waals surface area contributed by atoms with Crippen LogP contribution in [0.5, 0.6) is 0 Å². The predicted molar refractivity (Wildman–Crippen MR) is 67.4 cm³/mol. The number of hydrogen-bond acceptors (Lipinski definition) is 3. The van der Waals surface area contributed by atoms with Crippen molar-refractivity contribution in [3.8, 4) is 11.8 Å². The standard InChI is InChI=1S/C14H13N3/c1(2-12-5-6-15-8-12)11-3-4-14-13(7-11)9-16-10-17-14/h3-4,7,9-10,12,15H,5-6,8H2. The van der Waals surface area contributed by atoms with Crippen LogP contribution in [0.15, 0.2) is 30.7 Å². The molecule has 0 bridgehead atoms. The van der Waals surface area contributed by atoms with Crippen molar-refractivity contribution in [2.24, 2.45) is 5.92 Å². The van der Waals surface area contributed by atoms with Crippen molar-refractivity contribution < 1.29 is 0 Å². The van der Waals surface area contributed by atoms with Gasteiger partial charge >= 0.3 is 0 Å². The first-order valence-corrected chi connectivity index (χ1v) is 5.84. The molecule has 3 nitrogen and oxygen atoms in total. The number of nitrogens with one attached hydrogen (secondary N) is 1. The van der Waals surface area contributed by atoms with Crippen LogP contribution in [0.3, 0.4) is 0 Å². The minimum atomic E-state index is 0.498. The van der Waals surface area contributed by atoms with Crippen molar-refractivity contribution in [2.45, 2.75) is 6.42 Å². The highest BCUT2D eigenvalue weighted by Crippen LogP contribution is 2.12. The van der Waals surface area contributed by atoms with Crippen LogP contribution in [0.1, 0.15) is 12.0 Å². The van der Waals surface area contributed by atoms with E-state index in [-0.39, 0.29) is 0 Å². The van der Waals surface area contributed by atoms with Gasteiger partial charge in [-0.2, -0.15) is 0 Å². The van der Waals surface area contributed by atoms with E-state index < -0.39 is 0 Å². The monoisotopic (exact) mass is 223 g/mol. The average Bonchev–Trinajstić information content (AvgIpc) is 2.89. The third-order valence-electron chi connectivity index (χ3n) is 2.99. The minimum absolute atomic E-state index is 0.498. The summed E-state index contributed by atoms with van der Waals surface area (Å²) in [6, 6.07) is 6.06. The Kier molecular flexibility index (Phi) is 2.73. The summed E-state index contributed by atoms with van der Waals surface area (Å²) in [5.74, 6) is 7.04. The molecule has 1 aromatic heterocycles. The molecular weight excluding hydrogens is 210 g/mol. The summed E-state index contributed by atoms with van der Waals surface area (Å²) in [6.45, 7) is 2.11. The minimum Gasteiger partial charge on any atom is -0.315 e. The Morgan fingerprint density at radius 1 is 1.35 bits per heavy atom. The van der Waals surface area contributed by atoms with Crippen LogP contribution in [0.4, 0.5) is 0 Å². The molecule has 1 unspecified atom stereocenters. The first-order valence-electron chi connectivity index (χ1n) is 5.84. The van der Waals surface area contributed by atoms with E-state index in [1.165, 1.54) is 0 Å². The van der Waals surface area contributed by atoms with Crippen molar-refractivity contribution in [2.75, 3.05) is 13.1 Å². The maximum absolute atomic E-state index is 4.19. The van der Waals surface area contributed by atoms with E-state index in [0.29, 0.717) is 5.92 Å². The van der Waals surface area contributed by atoms with E-state index >= 15 is 0 Å². The molecule has 3 heteroatoms. The lowest BCUT2D eigenvalue weighted by Gasteiger charge is -1.97. The van der Waals surface area contributed by atoms with Crippen molar-refractivity contribution in [1.29, 1.82) is 0 Å². The first-order chi connectivity index (χ1) is 8.42. The Bertz CT molecular complexity index is 589. The molecule has 1 aromatic carbocycles. The molecule has 1 N–H and O–H groups in total. The Labute approximate surface area is 100 Å². The summed E-state index contributed by atoms with van der Waals surface area (Å²) in [5.41, 5.74) is 2.01. The van der Waals surface area contributed by atoms with E-state index in [0.717, 1.165) is 36.0 Å². The largest absolute Gasteiger partial charge is 0.315 e. The Morgan fingerprint density at radius 3 is 3.24 bits per heavy atom. The van der Waals surface area contributed by atoms with Gasteiger partial charge in [0.15, 0.2) is 0 Å². The van der Waals surface area contributed by atoms with Gasteiger partial charge < -0.3 is 5.32 Å².